The van der Waals surface area contributed by atoms with Crippen LogP contribution in [0.15, 0.2) is 58.4 Å². The van der Waals surface area contributed by atoms with Crippen molar-refractivity contribution in [1.82, 2.24) is 4.98 Å². The standard InChI is InChI=1S/C17H14BrN3O3S2/c1-26(23,24)21-14-8-4-11(5-9-14)15-10-25-17(19-15)20-16(22)12-2-6-13(18)7-3-12/h2-10,21H,1H3,(H,19,20,22). The number of rotatable bonds is 5. The van der Waals surface area contributed by atoms with E-state index in [0.717, 1.165) is 16.3 Å². The van der Waals surface area contributed by atoms with Crippen LogP contribution in [0.4, 0.5) is 10.8 Å². The first-order valence-corrected chi connectivity index (χ1v) is 11.0. The van der Waals surface area contributed by atoms with Crippen LogP contribution in [-0.4, -0.2) is 25.6 Å². The smallest absolute Gasteiger partial charge is 0.257 e. The normalized spacial score (nSPS) is 11.2. The van der Waals surface area contributed by atoms with Crippen LogP contribution in [0.5, 0.6) is 0 Å². The lowest BCUT2D eigenvalue weighted by Gasteiger charge is -2.04. The summed E-state index contributed by atoms with van der Waals surface area (Å²) in [5.41, 5.74) is 2.55. The van der Waals surface area contributed by atoms with Crippen LogP contribution < -0.4 is 10.0 Å². The van der Waals surface area contributed by atoms with Crippen LogP contribution in [0.1, 0.15) is 10.4 Å². The Hall–Kier alpha value is -2.23. The molecule has 0 saturated carbocycles. The van der Waals surface area contributed by atoms with E-state index >= 15 is 0 Å². The van der Waals surface area contributed by atoms with Gasteiger partial charge in [-0.3, -0.25) is 14.8 Å². The van der Waals surface area contributed by atoms with Crippen LogP contribution in [0.3, 0.4) is 0 Å². The first-order valence-electron chi connectivity index (χ1n) is 7.41. The number of nitrogens with zero attached hydrogens (tertiary/aromatic N) is 1. The molecule has 9 heteroatoms. The Balaban J connectivity index is 1.71. The molecular weight excluding hydrogens is 438 g/mol. The lowest BCUT2D eigenvalue weighted by Crippen LogP contribution is -2.11. The third kappa shape index (κ3) is 4.90. The van der Waals surface area contributed by atoms with E-state index in [1.54, 1.807) is 48.5 Å². The third-order valence-corrected chi connectivity index (χ3v) is 5.21. The fourth-order valence-corrected chi connectivity index (χ4v) is 3.70. The number of sulfonamides is 1. The second-order valence-corrected chi connectivity index (χ2v) is 8.97. The summed E-state index contributed by atoms with van der Waals surface area (Å²) in [4.78, 5) is 16.6. The number of benzene rings is 2. The van der Waals surface area contributed by atoms with E-state index in [1.807, 2.05) is 5.38 Å². The predicted molar refractivity (Wildman–Crippen MR) is 108 cm³/mol. The van der Waals surface area contributed by atoms with E-state index in [2.05, 4.69) is 31.0 Å². The average Bonchev–Trinajstić information content (AvgIpc) is 3.03. The second-order valence-electron chi connectivity index (χ2n) is 5.45. The number of hydrogen-bond acceptors (Lipinski definition) is 5. The van der Waals surface area contributed by atoms with Crippen molar-refractivity contribution in [2.45, 2.75) is 0 Å². The Labute approximate surface area is 163 Å². The minimum atomic E-state index is -3.31. The highest BCUT2D eigenvalue weighted by Crippen LogP contribution is 2.26. The number of halogens is 1. The van der Waals surface area contributed by atoms with Crippen LogP contribution in [0.25, 0.3) is 11.3 Å². The molecule has 0 bridgehead atoms. The van der Waals surface area contributed by atoms with Gasteiger partial charge in [0.25, 0.3) is 5.91 Å². The van der Waals surface area contributed by atoms with Crippen molar-refractivity contribution in [2.75, 3.05) is 16.3 Å². The van der Waals surface area contributed by atoms with E-state index in [4.69, 9.17) is 0 Å². The molecule has 2 N–H and O–H groups in total. The molecule has 0 radical (unpaired) electrons. The number of carbonyl (C=O) groups is 1. The summed E-state index contributed by atoms with van der Waals surface area (Å²) in [5.74, 6) is -0.230. The Morgan fingerprint density at radius 2 is 1.73 bits per heavy atom. The monoisotopic (exact) mass is 451 g/mol. The van der Waals surface area contributed by atoms with E-state index in [1.165, 1.54) is 11.3 Å². The lowest BCUT2D eigenvalue weighted by atomic mass is 10.1. The van der Waals surface area contributed by atoms with Gasteiger partial charge >= 0.3 is 0 Å². The molecule has 0 spiro atoms. The topological polar surface area (TPSA) is 88.2 Å². The van der Waals surface area contributed by atoms with Crippen LogP contribution in [0, 0.1) is 0 Å². The summed E-state index contributed by atoms with van der Waals surface area (Å²) in [6.07, 6.45) is 1.10. The maximum atomic E-state index is 12.2. The van der Waals surface area contributed by atoms with Gasteiger partial charge in [-0.15, -0.1) is 11.3 Å². The van der Waals surface area contributed by atoms with Crippen molar-refractivity contribution in [1.29, 1.82) is 0 Å². The van der Waals surface area contributed by atoms with Crippen LogP contribution in [-0.2, 0) is 10.0 Å². The molecule has 1 amide bonds. The van der Waals surface area contributed by atoms with Gasteiger partial charge < -0.3 is 0 Å². The lowest BCUT2D eigenvalue weighted by molar-refractivity contribution is 0.102. The van der Waals surface area contributed by atoms with Crippen LogP contribution in [0.2, 0.25) is 0 Å². The minimum Gasteiger partial charge on any atom is -0.298 e. The van der Waals surface area contributed by atoms with Gasteiger partial charge in [-0.1, -0.05) is 28.1 Å². The largest absolute Gasteiger partial charge is 0.298 e. The molecule has 0 aliphatic heterocycles. The van der Waals surface area contributed by atoms with E-state index in [9.17, 15) is 13.2 Å². The van der Waals surface area contributed by atoms with Gasteiger partial charge in [0, 0.05) is 26.7 Å². The quantitative estimate of drug-likeness (QED) is 0.608. The molecule has 0 atom stereocenters. The molecule has 1 heterocycles. The summed E-state index contributed by atoms with van der Waals surface area (Å²) in [5, 5.41) is 5.09. The molecule has 0 unspecified atom stereocenters. The zero-order chi connectivity index (χ0) is 18.7. The van der Waals surface area contributed by atoms with E-state index < -0.39 is 10.0 Å². The number of thiazole rings is 1. The zero-order valence-electron chi connectivity index (χ0n) is 13.6. The van der Waals surface area contributed by atoms with Crippen molar-refractivity contribution in [3.63, 3.8) is 0 Å². The summed E-state index contributed by atoms with van der Waals surface area (Å²) >= 11 is 4.65. The summed E-state index contributed by atoms with van der Waals surface area (Å²) in [6, 6.07) is 13.9. The van der Waals surface area contributed by atoms with Gasteiger partial charge in [-0.2, -0.15) is 0 Å². The Morgan fingerprint density at radius 3 is 2.35 bits per heavy atom. The molecule has 26 heavy (non-hydrogen) atoms. The Morgan fingerprint density at radius 1 is 1.08 bits per heavy atom. The van der Waals surface area contributed by atoms with Crippen molar-refractivity contribution in [3.05, 3.63) is 63.9 Å². The van der Waals surface area contributed by atoms with Crippen molar-refractivity contribution >= 4 is 54.0 Å². The highest BCUT2D eigenvalue weighted by atomic mass is 79.9. The first kappa shape index (κ1) is 18.6. The molecule has 3 rings (SSSR count). The Bertz CT molecular complexity index is 1030. The molecular formula is C17H14BrN3O3S2. The molecule has 0 aliphatic carbocycles. The molecule has 134 valence electrons. The molecule has 6 nitrogen and oxygen atoms in total. The summed E-state index contributed by atoms with van der Waals surface area (Å²) in [7, 11) is -3.31. The molecule has 2 aromatic carbocycles. The van der Waals surface area contributed by atoms with Crippen LogP contribution >= 0.6 is 27.3 Å². The fourth-order valence-electron chi connectivity index (χ4n) is 2.16. The molecule has 0 fully saturated rings. The molecule has 3 aromatic rings. The number of carbonyl (C=O) groups excluding carboxylic acids is 1. The molecule has 0 aliphatic rings. The van der Waals surface area contributed by atoms with Gasteiger partial charge in [-0.25, -0.2) is 13.4 Å². The number of aromatic nitrogens is 1. The van der Waals surface area contributed by atoms with E-state index in [-0.39, 0.29) is 5.91 Å². The van der Waals surface area contributed by atoms with Gasteiger partial charge in [-0.05, 0) is 36.4 Å². The van der Waals surface area contributed by atoms with Crippen molar-refractivity contribution < 1.29 is 13.2 Å². The Kier molecular flexibility index (Phi) is 5.40. The average molecular weight is 452 g/mol. The van der Waals surface area contributed by atoms with Crippen molar-refractivity contribution in [2.24, 2.45) is 0 Å². The number of nitrogens with one attached hydrogen (secondary N) is 2. The zero-order valence-corrected chi connectivity index (χ0v) is 16.8. The van der Waals surface area contributed by atoms with Gasteiger partial charge in [0.05, 0.1) is 11.9 Å². The minimum absolute atomic E-state index is 0.230. The third-order valence-electron chi connectivity index (χ3n) is 3.31. The number of hydrogen-bond donors (Lipinski definition) is 2. The first-order chi connectivity index (χ1) is 12.3. The number of amides is 1. The molecule has 1 aromatic heterocycles. The maximum absolute atomic E-state index is 12.2. The summed E-state index contributed by atoms with van der Waals surface area (Å²) in [6.45, 7) is 0. The molecule has 0 saturated heterocycles. The SMILES string of the molecule is CS(=O)(=O)Nc1ccc(-c2csc(NC(=O)c3ccc(Br)cc3)n2)cc1. The highest BCUT2D eigenvalue weighted by molar-refractivity contribution is 9.10. The second kappa shape index (κ2) is 7.56. The van der Waals surface area contributed by atoms with Gasteiger partial charge in [0.15, 0.2) is 5.13 Å². The highest BCUT2D eigenvalue weighted by Gasteiger charge is 2.10. The summed E-state index contributed by atoms with van der Waals surface area (Å²) < 4.78 is 25.8. The van der Waals surface area contributed by atoms with E-state index in [0.29, 0.717) is 22.1 Å². The maximum Gasteiger partial charge on any atom is 0.257 e. The predicted octanol–water partition coefficient (Wildman–Crippen LogP) is 4.20. The number of anilines is 2. The fraction of sp³-hybridized carbons (Fsp3) is 0.0588. The van der Waals surface area contributed by atoms with Crippen molar-refractivity contribution in [3.8, 4) is 11.3 Å². The van der Waals surface area contributed by atoms with Gasteiger partial charge in [0.1, 0.15) is 0 Å². The van der Waals surface area contributed by atoms with Gasteiger partial charge in [0.2, 0.25) is 10.0 Å².